The van der Waals surface area contributed by atoms with Crippen molar-refractivity contribution in [3.05, 3.63) is 81.6 Å². The summed E-state index contributed by atoms with van der Waals surface area (Å²) in [7, 11) is 0. The van der Waals surface area contributed by atoms with Gasteiger partial charge in [0.1, 0.15) is 12.7 Å². The molecule has 1 amide bonds. The standard InChI is InChI=1S/C18H13ClN8O3/c1-11-17(23-24-26(11)13-3-2-4-14(8-13)27(29)30)18(28)22-15-7-12(19)5-6-16(15)25-10-20-9-21-25/h2-10H,1H3,(H,22,28). The van der Waals surface area contributed by atoms with Gasteiger partial charge in [0.25, 0.3) is 11.6 Å². The van der Waals surface area contributed by atoms with Gasteiger partial charge in [0.05, 0.1) is 27.7 Å². The number of aromatic nitrogens is 6. The second kappa shape index (κ2) is 7.72. The van der Waals surface area contributed by atoms with Crippen LogP contribution < -0.4 is 5.32 Å². The first-order valence-electron chi connectivity index (χ1n) is 8.57. The van der Waals surface area contributed by atoms with E-state index in [0.717, 1.165) is 0 Å². The topological polar surface area (TPSA) is 134 Å². The van der Waals surface area contributed by atoms with E-state index in [9.17, 15) is 14.9 Å². The van der Waals surface area contributed by atoms with Gasteiger partial charge in [-0.1, -0.05) is 22.9 Å². The molecule has 0 saturated carbocycles. The number of anilines is 1. The van der Waals surface area contributed by atoms with Crippen LogP contribution in [0.5, 0.6) is 0 Å². The number of nitrogens with one attached hydrogen (secondary N) is 1. The Morgan fingerprint density at radius 3 is 2.80 bits per heavy atom. The van der Waals surface area contributed by atoms with Gasteiger partial charge in [-0.3, -0.25) is 14.9 Å². The molecule has 0 fully saturated rings. The number of nitro groups is 1. The van der Waals surface area contributed by atoms with Crippen molar-refractivity contribution in [1.82, 2.24) is 29.8 Å². The number of amides is 1. The summed E-state index contributed by atoms with van der Waals surface area (Å²) in [5.41, 5.74) is 1.77. The Kier molecular flexibility index (Phi) is 4.94. The van der Waals surface area contributed by atoms with Crippen molar-refractivity contribution in [2.45, 2.75) is 6.92 Å². The Balaban J connectivity index is 1.66. The molecule has 0 unspecified atom stereocenters. The van der Waals surface area contributed by atoms with Crippen LogP contribution in [0.1, 0.15) is 16.2 Å². The lowest BCUT2D eigenvalue weighted by atomic mass is 10.2. The average Bonchev–Trinajstić information content (AvgIpc) is 3.38. The number of benzene rings is 2. The van der Waals surface area contributed by atoms with E-state index >= 15 is 0 Å². The van der Waals surface area contributed by atoms with Crippen LogP contribution in [0.4, 0.5) is 11.4 Å². The molecule has 0 atom stereocenters. The highest BCUT2D eigenvalue weighted by atomic mass is 35.5. The SMILES string of the molecule is Cc1c(C(=O)Nc2cc(Cl)ccc2-n2cncn2)nnn1-c1cccc([N+](=O)[O-])c1. The van der Waals surface area contributed by atoms with E-state index in [-0.39, 0.29) is 11.4 Å². The number of halogens is 1. The predicted molar refractivity (Wildman–Crippen MR) is 107 cm³/mol. The Labute approximate surface area is 174 Å². The van der Waals surface area contributed by atoms with Crippen LogP contribution in [0.25, 0.3) is 11.4 Å². The Morgan fingerprint density at radius 1 is 1.23 bits per heavy atom. The molecule has 0 spiro atoms. The molecule has 0 bridgehead atoms. The Hall–Kier alpha value is -4.12. The van der Waals surface area contributed by atoms with Gasteiger partial charge in [-0.05, 0) is 31.2 Å². The first-order chi connectivity index (χ1) is 14.4. The van der Waals surface area contributed by atoms with Gasteiger partial charge in [-0.25, -0.2) is 14.3 Å². The van der Waals surface area contributed by atoms with Gasteiger partial charge in [0.2, 0.25) is 0 Å². The summed E-state index contributed by atoms with van der Waals surface area (Å²) in [5.74, 6) is -0.521. The van der Waals surface area contributed by atoms with Crippen LogP contribution in [0.15, 0.2) is 55.1 Å². The van der Waals surface area contributed by atoms with E-state index in [1.807, 2.05) is 0 Å². The minimum atomic E-state index is -0.521. The van der Waals surface area contributed by atoms with Crippen LogP contribution in [0, 0.1) is 17.0 Å². The molecule has 11 nitrogen and oxygen atoms in total. The fourth-order valence-electron chi connectivity index (χ4n) is 2.84. The molecular weight excluding hydrogens is 412 g/mol. The van der Waals surface area contributed by atoms with Crippen molar-refractivity contribution in [3.63, 3.8) is 0 Å². The van der Waals surface area contributed by atoms with Gasteiger partial charge in [0, 0.05) is 17.2 Å². The molecule has 1 N–H and O–H groups in total. The van der Waals surface area contributed by atoms with Crippen molar-refractivity contribution >= 4 is 28.9 Å². The number of hydrogen-bond acceptors (Lipinski definition) is 7. The fraction of sp³-hybridized carbons (Fsp3) is 0.0556. The minimum Gasteiger partial charge on any atom is -0.319 e. The summed E-state index contributed by atoms with van der Waals surface area (Å²) in [6.45, 7) is 1.64. The molecule has 2 aromatic carbocycles. The van der Waals surface area contributed by atoms with Crippen LogP contribution in [-0.4, -0.2) is 40.6 Å². The maximum Gasteiger partial charge on any atom is 0.278 e. The quantitative estimate of drug-likeness (QED) is 0.384. The molecule has 150 valence electrons. The molecule has 0 aliphatic rings. The van der Waals surface area contributed by atoms with Gasteiger partial charge in [0.15, 0.2) is 5.69 Å². The number of hydrogen-bond donors (Lipinski definition) is 1. The molecule has 0 aliphatic heterocycles. The smallest absolute Gasteiger partial charge is 0.278 e. The average molecular weight is 425 g/mol. The lowest BCUT2D eigenvalue weighted by Gasteiger charge is -2.11. The Bertz CT molecular complexity index is 1250. The number of rotatable bonds is 5. The van der Waals surface area contributed by atoms with Crippen LogP contribution in [-0.2, 0) is 0 Å². The zero-order chi connectivity index (χ0) is 21.3. The second-order valence-electron chi connectivity index (χ2n) is 6.17. The molecular formula is C18H13ClN8O3. The lowest BCUT2D eigenvalue weighted by Crippen LogP contribution is -2.16. The molecule has 2 aromatic heterocycles. The summed E-state index contributed by atoms with van der Waals surface area (Å²) in [5, 5.41) is 26.2. The highest BCUT2D eigenvalue weighted by Gasteiger charge is 2.20. The molecule has 30 heavy (non-hydrogen) atoms. The first kappa shape index (κ1) is 19.2. The fourth-order valence-corrected chi connectivity index (χ4v) is 3.02. The third kappa shape index (κ3) is 3.61. The molecule has 0 aliphatic carbocycles. The number of nitrogens with zero attached hydrogens (tertiary/aromatic N) is 7. The van der Waals surface area contributed by atoms with E-state index in [1.54, 1.807) is 31.2 Å². The summed E-state index contributed by atoms with van der Waals surface area (Å²) >= 11 is 6.08. The van der Waals surface area contributed by atoms with Crippen LogP contribution >= 0.6 is 11.6 Å². The molecule has 2 heterocycles. The monoisotopic (exact) mass is 424 g/mol. The van der Waals surface area contributed by atoms with Crippen molar-refractivity contribution < 1.29 is 9.72 Å². The summed E-state index contributed by atoms with van der Waals surface area (Å²) < 4.78 is 2.84. The maximum atomic E-state index is 12.9. The summed E-state index contributed by atoms with van der Waals surface area (Å²) in [6.07, 6.45) is 2.86. The van der Waals surface area contributed by atoms with E-state index in [2.05, 4.69) is 25.7 Å². The summed E-state index contributed by atoms with van der Waals surface area (Å²) in [6, 6.07) is 10.8. The molecule has 4 aromatic rings. The minimum absolute atomic E-state index is 0.0611. The van der Waals surface area contributed by atoms with E-state index in [0.29, 0.717) is 27.8 Å². The second-order valence-corrected chi connectivity index (χ2v) is 6.60. The van der Waals surface area contributed by atoms with Gasteiger partial charge in [-0.15, -0.1) is 5.10 Å². The third-order valence-electron chi connectivity index (χ3n) is 4.27. The summed E-state index contributed by atoms with van der Waals surface area (Å²) in [4.78, 5) is 27.3. The van der Waals surface area contributed by atoms with Gasteiger partial charge in [-0.2, -0.15) is 5.10 Å². The first-order valence-corrected chi connectivity index (χ1v) is 8.95. The van der Waals surface area contributed by atoms with Gasteiger partial charge < -0.3 is 5.32 Å². The van der Waals surface area contributed by atoms with Crippen molar-refractivity contribution in [1.29, 1.82) is 0 Å². The van der Waals surface area contributed by atoms with E-state index in [1.165, 1.54) is 40.2 Å². The maximum absolute atomic E-state index is 12.9. The van der Waals surface area contributed by atoms with Gasteiger partial charge >= 0.3 is 0 Å². The van der Waals surface area contributed by atoms with Crippen LogP contribution in [0.2, 0.25) is 5.02 Å². The molecule has 0 radical (unpaired) electrons. The normalized spacial score (nSPS) is 10.7. The zero-order valence-corrected chi connectivity index (χ0v) is 16.2. The molecule has 4 rings (SSSR count). The van der Waals surface area contributed by atoms with E-state index < -0.39 is 10.8 Å². The molecule has 12 heteroatoms. The van der Waals surface area contributed by atoms with E-state index in [4.69, 9.17) is 11.6 Å². The molecule has 0 saturated heterocycles. The highest BCUT2D eigenvalue weighted by molar-refractivity contribution is 6.31. The largest absolute Gasteiger partial charge is 0.319 e. The number of nitro benzene ring substituents is 1. The van der Waals surface area contributed by atoms with Crippen LogP contribution in [0.3, 0.4) is 0 Å². The van der Waals surface area contributed by atoms with Crippen molar-refractivity contribution in [2.24, 2.45) is 0 Å². The highest BCUT2D eigenvalue weighted by Crippen LogP contribution is 2.25. The third-order valence-corrected chi connectivity index (χ3v) is 4.50. The number of carbonyl (C=O) groups excluding carboxylic acids is 1. The van der Waals surface area contributed by atoms with Crippen molar-refractivity contribution in [3.8, 4) is 11.4 Å². The number of non-ortho nitro benzene ring substituents is 1. The Morgan fingerprint density at radius 2 is 2.07 bits per heavy atom. The predicted octanol–water partition coefficient (Wildman–Crippen LogP) is 2.97. The number of carbonyl (C=O) groups is 1. The lowest BCUT2D eigenvalue weighted by molar-refractivity contribution is -0.384. The zero-order valence-electron chi connectivity index (χ0n) is 15.4. The van der Waals surface area contributed by atoms with Crippen molar-refractivity contribution in [2.75, 3.05) is 5.32 Å².